The van der Waals surface area contributed by atoms with Gasteiger partial charge in [-0.25, -0.2) is 13.2 Å². The summed E-state index contributed by atoms with van der Waals surface area (Å²) in [6.45, 7) is 0.0759. The maximum absolute atomic E-state index is 12.5. The molecule has 1 aromatic carbocycles. The van der Waals surface area contributed by atoms with E-state index in [0.29, 0.717) is 5.69 Å². The van der Waals surface area contributed by atoms with Crippen LogP contribution < -0.4 is 16.4 Å². The van der Waals surface area contributed by atoms with Crippen LogP contribution in [0.2, 0.25) is 0 Å². The third kappa shape index (κ3) is 2.14. The van der Waals surface area contributed by atoms with Gasteiger partial charge >= 0.3 is 6.03 Å². The molecule has 8 nitrogen and oxygen atoms in total. The second kappa shape index (κ2) is 4.43. The van der Waals surface area contributed by atoms with Crippen LogP contribution in [0.5, 0.6) is 0 Å². The summed E-state index contributed by atoms with van der Waals surface area (Å²) in [4.78, 5) is 23.2. The van der Waals surface area contributed by atoms with Crippen molar-refractivity contribution in [2.75, 3.05) is 18.8 Å². The third-order valence-corrected chi connectivity index (χ3v) is 5.59. The van der Waals surface area contributed by atoms with E-state index in [9.17, 15) is 18.0 Å². The average Bonchev–Trinajstić information content (AvgIpc) is 2.95. The molecule has 1 unspecified atom stereocenters. The van der Waals surface area contributed by atoms with Crippen LogP contribution in [-0.4, -0.2) is 43.3 Å². The van der Waals surface area contributed by atoms with E-state index < -0.39 is 27.5 Å². The molecule has 2 fully saturated rings. The van der Waals surface area contributed by atoms with Gasteiger partial charge in [0.2, 0.25) is 10.0 Å². The van der Waals surface area contributed by atoms with E-state index in [4.69, 9.17) is 5.73 Å². The molecule has 112 valence electrons. The fourth-order valence-corrected chi connectivity index (χ4v) is 4.18. The van der Waals surface area contributed by atoms with Crippen LogP contribution in [0, 0.1) is 0 Å². The van der Waals surface area contributed by atoms with E-state index in [1.54, 1.807) is 12.1 Å². The monoisotopic (exact) mass is 310 g/mol. The first-order valence-corrected chi connectivity index (χ1v) is 7.77. The number of hydrogen-bond acceptors (Lipinski definition) is 5. The van der Waals surface area contributed by atoms with Crippen molar-refractivity contribution in [2.45, 2.75) is 16.9 Å². The van der Waals surface area contributed by atoms with Crippen molar-refractivity contribution in [3.63, 3.8) is 0 Å². The number of carbonyl (C=O) groups excluding carboxylic acids is 2. The molecule has 1 spiro atoms. The minimum Gasteiger partial charge on any atom is -0.399 e. The quantitative estimate of drug-likeness (QED) is 0.490. The second-order valence-corrected chi connectivity index (χ2v) is 7.09. The molecule has 9 heteroatoms. The average molecular weight is 310 g/mol. The van der Waals surface area contributed by atoms with Gasteiger partial charge in [-0.15, -0.1) is 0 Å². The van der Waals surface area contributed by atoms with E-state index in [1.165, 1.54) is 16.4 Å². The van der Waals surface area contributed by atoms with Gasteiger partial charge in [-0.05, 0) is 24.6 Å². The number of carbonyl (C=O) groups is 2. The second-order valence-electron chi connectivity index (χ2n) is 5.15. The molecule has 0 radical (unpaired) electrons. The summed E-state index contributed by atoms with van der Waals surface area (Å²) >= 11 is 0. The zero-order valence-corrected chi connectivity index (χ0v) is 11.8. The van der Waals surface area contributed by atoms with E-state index in [2.05, 4.69) is 10.6 Å². The fraction of sp³-hybridized carbons (Fsp3) is 0.333. The third-order valence-electron chi connectivity index (χ3n) is 3.74. The van der Waals surface area contributed by atoms with Gasteiger partial charge in [-0.2, -0.15) is 4.31 Å². The number of imide groups is 1. The predicted molar refractivity (Wildman–Crippen MR) is 73.6 cm³/mol. The first kappa shape index (κ1) is 13.8. The highest BCUT2D eigenvalue weighted by Gasteiger charge is 2.53. The van der Waals surface area contributed by atoms with Crippen LogP contribution in [0.4, 0.5) is 10.5 Å². The lowest BCUT2D eigenvalue weighted by Crippen LogP contribution is -2.49. The Balaban J connectivity index is 1.89. The first-order chi connectivity index (χ1) is 9.83. The van der Waals surface area contributed by atoms with Crippen LogP contribution in [-0.2, 0) is 14.8 Å². The number of nitrogens with two attached hydrogens (primary N) is 1. The van der Waals surface area contributed by atoms with Crippen LogP contribution in [0.3, 0.4) is 0 Å². The number of nitrogens with zero attached hydrogens (tertiary/aromatic N) is 1. The summed E-state index contributed by atoms with van der Waals surface area (Å²) in [5.41, 5.74) is 4.79. The summed E-state index contributed by atoms with van der Waals surface area (Å²) in [5, 5.41) is 4.65. The van der Waals surface area contributed by atoms with Crippen LogP contribution >= 0.6 is 0 Å². The van der Waals surface area contributed by atoms with E-state index >= 15 is 0 Å². The number of rotatable bonds is 2. The van der Waals surface area contributed by atoms with Crippen molar-refractivity contribution in [1.82, 2.24) is 14.9 Å². The Hall–Kier alpha value is -2.13. The van der Waals surface area contributed by atoms with Crippen molar-refractivity contribution in [1.29, 1.82) is 0 Å². The van der Waals surface area contributed by atoms with Crippen LogP contribution in [0.15, 0.2) is 29.2 Å². The highest BCUT2D eigenvalue weighted by Crippen LogP contribution is 2.29. The number of anilines is 1. The van der Waals surface area contributed by atoms with Crippen LogP contribution in [0.25, 0.3) is 0 Å². The Kier molecular flexibility index (Phi) is 2.92. The molecule has 0 saturated carbocycles. The molecule has 21 heavy (non-hydrogen) atoms. The highest BCUT2D eigenvalue weighted by molar-refractivity contribution is 7.89. The maximum Gasteiger partial charge on any atom is 0.322 e. The number of nitrogen functional groups attached to an aromatic ring is 1. The van der Waals surface area contributed by atoms with Gasteiger partial charge in [0, 0.05) is 18.8 Å². The number of sulfonamides is 1. The Bertz CT molecular complexity index is 733. The van der Waals surface area contributed by atoms with Gasteiger partial charge in [0.05, 0.1) is 4.90 Å². The largest absolute Gasteiger partial charge is 0.399 e. The van der Waals surface area contributed by atoms with Gasteiger partial charge in [0.25, 0.3) is 5.91 Å². The highest BCUT2D eigenvalue weighted by atomic mass is 32.2. The molecular formula is C12H14N4O4S. The summed E-state index contributed by atoms with van der Waals surface area (Å²) in [6, 6.07) is 5.37. The zero-order valence-electron chi connectivity index (χ0n) is 11.0. The molecule has 0 aromatic heterocycles. The van der Waals surface area contributed by atoms with Crippen molar-refractivity contribution >= 4 is 27.6 Å². The van der Waals surface area contributed by atoms with Crippen LogP contribution in [0.1, 0.15) is 6.42 Å². The van der Waals surface area contributed by atoms with E-state index in [1.807, 2.05) is 0 Å². The summed E-state index contributed by atoms with van der Waals surface area (Å²) in [7, 11) is -3.74. The standard InChI is InChI=1S/C12H14N4O4S/c13-8-2-1-3-9(6-8)21(19,20)16-5-4-12(7-16)10(17)14-11(18)15-12/h1-3,6H,4-5,7,13H2,(H2,14,15,17,18). The van der Waals surface area contributed by atoms with Crippen molar-refractivity contribution in [3.8, 4) is 0 Å². The van der Waals surface area contributed by atoms with Gasteiger partial charge in [-0.3, -0.25) is 10.1 Å². The van der Waals surface area contributed by atoms with Crippen molar-refractivity contribution < 1.29 is 18.0 Å². The molecule has 2 saturated heterocycles. The SMILES string of the molecule is Nc1cccc(S(=O)(=O)N2CCC3(C2)NC(=O)NC3=O)c1. The minimum atomic E-state index is -3.74. The summed E-state index contributed by atoms with van der Waals surface area (Å²) in [5.74, 6) is -0.488. The summed E-state index contributed by atoms with van der Waals surface area (Å²) in [6.07, 6.45) is 0.242. The predicted octanol–water partition coefficient (Wildman–Crippen LogP) is -0.759. The van der Waals surface area contributed by atoms with Crippen molar-refractivity contribution in [3.05, 3.63) is 24.3 Å². The zero-order chi connectivity index (χ0) is 15.3. The van der Waals surface area contributed by atoms with E-state index in [-0.39, 0.29) is 24.4 Å². The smallest absolute Gasteiger partial charge is 0.322 e. The number of urea groups is 1. The topological polar surface area (TPSA) is 122 Å². The lowest BCUT2D eigenvalue weighted by Gasteiger charge is -2.21. The molecule has 4 N–H and O–H groups in total. The number of nitrogens with one attached hydrogen (secondary N) is 2. The normalized spacial score (nSPS) is 26.1. The molecule has 2 aliphatic heterocycles. The Morgan fingerprint density at radius 3 is 2.67 bits per heavy atom. The van der Waals surface area contributed by atoms with Crippen molar-refractivity contribution in [2.24, 2.45) is 0 Å². The molecule has 2 aliphatic rings. The Labute approximate surface area is 121 Å². The molecule has 1 aromatic rings. The Morgan fingerprint density at radius 1 is 1.29 bits per heavy atom. The number of benzene rings is 1. The molecule has 0 aliphatic carbocycles. The van der Waals surface area contributed by atoms with E-state index in [0.717, 1.165) is 0 Å². The lowest BCUT2D eigenvalue weighted by molar-refractivity contribution is -0.123. The maximum atomic E-state index is 12.5. The molecule has 0 bridgehead atoms. The summed E-state index contributed by atoms with van der Waals surface area (Å²) < 4.78 is 26.3. The first-order valence-electron chi connectivity index (χ1n) is 6.33. The fourth-order valence-electron chi connectivity index (χ4n) is 2.62. The van der Waals surface area contributed by atoms with Gasteiger partial charge in [0.15, 0.2) is 0 Å². The van der Waals surface area contributed by atoms with Gasteiger partial charge < -0.3 is 11.1 Å². The number of amides is 3. The molecule has 2 heterocycles. The number of hydrogen-bond donors (Lipinski definition) is 3. The van der Waals surface area contributed by atoms with Gasteiger partial charge in [0.1, 0.15) is 5.54 Å². The molecule has 3 rings (SSSR count). The minimum absolute atomic E-state index is 0.0734. The molecular weight excluding hydrogens is 296 g/mol. The lowest BCUT2D eigenvalue weighted by atomic mass is 10.00. The molecule has 1 atom stereocenters. The molecule has 3 amide bonds. The Morgan fingerprint density at radius 2 is 2.05 bits per heavy atom. The van der Waals surface area contributed by atoms with Gasteiger partial charge in [-0.1, -0.05) is 6.07 Å².